The molecule has 1 fully saturated rings. The number of hydrogen-bond donors (Lipinski definition) is 2. The SMILES string of the molecule is Cl.NCC1(C(=O)Nc2cccn(Cc3ccccc3)c2=O)CCOCC1. The fourth-order valence-electron chi connectivity index (χ4n) is 3.08. The van der Waals surface area contributed by atoms with Crippen molar-refractivity contribution in [2.24, 2.45) is 11.1 Å². The van der Waals surface area contributed by atoms with Crippen molar-refractivity contribution in [3.8, 4) is 0 Å². The average molecular weight is 378 g/mol. The quantitative estimate of drug-likeness (QED) is 0.834. The van der Waals surface area contributed by atoms with E-state index in [0.29, 0.717) is 32.6 Å². The van der Waals surface area contributed by atoms with E-state index in [2.05, 4.69) is 5.32 Å². The molecule has 0 saturated carbocycles. The molecule has 0 spiro atoms. The summed E-state index contributed by atoms with van der Waals surface area (Å²) in [5, 5.41) is 2.79. The monoisotopic (exact) mass is 377 g/mol. The van der Waals surface area contributed by atoms with Gasteiger partial charge in [0.15, 0.2) is 0 Å². The fourth-order valence-corrected chi connectivity index (χ4v) is 3.08. The van der Waals surface area contributed by atoms with Gasteiger partial charge < -0.3 is 20.4 Å². The smallest absolute Gasteiger partial charge is 0.274 e. The molecular formula is C19H24ClN3O3. The zero-order chi connectivity index (χ0) is 17.7. The molecular weight excluding hydrogens is 354 g/mol. The van der Waals surface area contributed by atoms with Crippen LogP contribution in [0, 0.1) is 5.41 Å². The Kier molecular flexibility index (Phi) is 6.97. The normalized spacial score (nSPS) is 15.7. The number of carbonyl (C=O) groups excluding carboxylic acids is 1. The largest absolute Gasteiger partial charge is 0.381 e. The molecule has 6 nitrogen and oxygen atoms in total. The van der Waals surface area contributed by atoms with Gasteiger partial charge in [0.2, 0.25) is 5.91 Å². The Labute approximate surface area is 158 Å². The van der Waals surface area contributed by atoms with Crippen molar-refractivity contribution in [1.29, 1.82) is 0 Å². The van der Waals surface area contributed by atoms with Crippen molar-refractivity contribution in [2.45, 2.75) is 19.4 Å². The number of nitrogens with zero attached hydrogens (tertiary/aromatic N) is 1. The molecule has 0 aliphatic carbocycles. The summed E-state index contributed by atoms with van der Waals surface area (Å²) in [5.41, 5.74) is 6.28. The molecule has 3 rings (SSSR count). The van der Waals surface area contributed by atoms with Crippen LogP contribution < -0.4 is 16.6 Å². The zero-order valence-electron chi connectivity index (χ0n) is 14.5. The molecule has 1 aliphatic heterocycles. The van der Waals surface area contributed by atoms with Crippen molar-refractivity contribution >= 4 is 24.0 Å². The maximum Gasteiger partial charge on any atom is 0.274 e. The van der Waals surface area contributed by atoms with Gasteiger partial charge in [-0.3, -0.25) is 9.59 Å². The van der Waals surface area contributed by atoms with Crippen LogP contribution in [0.5, 0.6) is 0 Å². The third-order valence-electron chi connectivity index (χ3n) is 4.79. The molecule has 1 aromatic carbocycles. The van der Waals surface area contributed by atoms with E-state index in [1.165, 1.54) is 0 Å². The molecule has 0 unspecified atom stereocenters. The molecule has 0 atom stereocenters. The first-order chi connectivity index (χ1) is 12.1. The average Bonchev–Trinajstić information content (AvgIpc) is 2.66. The first-order valence-electron chi connectivity index (χ1n) is 8.47. The van der Waals surface area contributed by atoms with Crippen LogP contribution in [0.25, 0.3) is 0 Å². The maximum atomic E-state index is 12.7. The van der Waals surface area contributed by atoms with Crippen LogP contribution in [0.1, 0.15) is 18.4 Å². The second-order valence-electron chi connectivity index (χ2n) is 6.39. The number of ether oxygens (including phenoxy) is 1. The minimum absolute atomic E-state index is 0. The van der Waals surface area contributed by atoms with Gasteiger partial charge in [-0.15, -0.1) is 12.4 Å². The number of nitrogens with one attached hydrogen (secondary N) is 1. The molecule has 1 aromatic heterocycles. The van der Waals surface area contributed by atoms with Crippen LogP contribution in [0.15, 0.2) is 53.5 Å². The molecule has 1 amide bonds. The minimum Gasteiger partial charge on any atom is -0.381 e. The number of hydrogen-bond acceptors (Lipinski definition) is 4. The molecule has 2 heterocycles. The van der Waals surface area contributed by atoms with Gasteiger partial charge in [-0.25, -0.2) is 0 Å². The Morgan fingerprint density at radius 1 is 1.15 bits per heavy atom. The second kappa shape index (κ2) is 8.98. The highest BCUT2D eigenvalue weighted by Gasteiger charge is 2.39. The predicted octanol–water partition coefficient (Wildman–Crippen LogP) is 2.01. The van der Waals surface area contributed by atoms with Crippen molar-refractivity contribution in [2.75, 3.05) is 25.1 Å². The molecule has 26 heavy (non-hydrogen) atoms. The third-order valence-corrected chi connectivity index (χ3v) is 4.79. The molecule has 3 N–H and O–H groups in total. The van der Waals surface area contributed by atoms with Crippen LogP contribution in [-0.4, -0.2) is 30.2 Å². The van der Waals surface area contributed by atoms with E-state index in [9.17, 15) is 9.59 Å². The number of aromatic nitrogens is 1. The van der Waals surface area contributed by atoms with Crippen LogP contribution in [-0.2, 0) is 16.1 Å². The van der Waals surface area contributed by atoms with Crippen LogP contribution in [0.4, 0.5) is 5.69 Å². The van der Waals surface area contributed by atoms with E-state index in [-0.39, 0.29) is 36.1 Å². The fraction of sp³-hybridized carbons (Fsp3) is 0.368. The van der Waals surface area contributed by atoms with Crippen LogP contribution in [0.3, 0.4) is 0 Å². The summed E-state index contributed by atoms with van der Waals surface area (Å²) in [6, 6.07) is 13.1. The lowest BCUT2D eigenvalue weighted by molar-refractivity contribution is -0.130. The van der Waals surface area contributed by atoms with Gasteiger partial charge in [-0.2, -0.15) is 0 Å². The maximum absolute atomic E-state index is 12.7. The Bertz CT molecular complexity index is 786. The number of pyridine rings is 1. The van der Waals surface area contributed by atoms with E-state index in [1.807, 2.05) is 30.3 Å². The standard InChI is InChI=1S/C19H23N3O3.ClH/c20-14-19(8-11-25-12-9-19)18(24)21-16-7-4-10-22(17(16)23)13-15-5-2-1-3-6-15;/h1-7,10H,8-9,11-14,20H2,(H,21,24);1H. The van der Waals surface area contributed by atoms with Gasteiger partial charge in [-0.1, -0.05) is 30.3 Å². The Hall–Kier alpha value is -2.15. The van der Waals surface area contributed by atoms with Crippen LogP contribution >= 0.6 is 12.4 Å². The summed E-state index contributed by atoms with van der Waals surface area (Å²) in [5.74, 6) is -0.201. The lowest BCUT2D eigenvalue weighted by atomic mass is 9.79. The number of benzene rings is 1. The van der Waals surface area contributed by atoms with E-state index in [1.54, 1.807) is 22.9 Å². The van der Waals surface area contributed by atoms with Crippen LogP contribution in [0.2, 0.25) is 0 Å². The summed E-state index contributed by atoms with van der Waals surface area (Å²) >= 11 is 0. The van der Waals surface area contributed by atoms with E-state index in [4.69, 9.17) is 10.5 Å². The first kappa shape index (κ1) is 20.2. The van der Waals surface area contributed by atoms with Crippen molar-refractivity contribution in [3.63, 3.8) is 0 Å². The summed E-state index contributed by atoms with van der Waals surface area (Å²) in [6.07, 6.45) is 2.86. The highest BCUT2D eigenvalue weighted by molar-refractivity contribution is 5.95. The van der Waals surface area contributed by atoms with Gasteiger partial charge in [0.25, 0.3) is 5.56 Å². The minimum atomic E-state index is -0.662. The molecule has 1 saturated heterocycles. The highest BCUT2D eigenvalue weighted by Crippen LogP contribution is 2.30. The molecule has 0 radical (unpaired) electrons. The van der Waals surface area contributed by atoms with Gasteiger partial charge in [0.1, 0.15) is 5.69 Å². The Morgan fingerprint density at radius 3 is 2.50 bits per heavy atom. The Balaban J connectivity index is 0.00000243. The highest BCUT2D eigenvalue weighted by atomic mass is 35.5. The van der Waals surface area contributed by atoms with Gasteiger partial charge in [0.05, 0.1) is 12.0 Å². The third kappa shape index (κ3) is 4.33. The number of amides is 1. The summed E-state index contributed by atoms with van der Waals surface area (Å²) in [4.78, 5) is 25.4. The number of halogens is 1. The topological polar surface area (TPSA) is 86.4 Å². The molecule has 7 heteroatoms. The molecule has 0 bridgehead atoms. The van der Waals surface area contributed by atoms with E-state index in [0.717, 1.165) is 5.56 Å². The molecule has 140 valence electrons. The van der Waals surface area contributed by atoms with Gasteiger partial charge in [0, 0.05) is 26.0 Å². The van der Waals surface area contributed by atoms with Gasteiger partial charge in [-0.05, 0) is 30.5 Å². The summed E-state index contributed by atoms with van der Waals surface area (Å²) in [6.45, 7) is 1.72. The van der Waals surface area contributed by atoms with Crippen molar-refractivity contribution in [3.05, 3.63) is 64.6 Å². The van der Waals surface area contributed by atoms with E-state index >= 15 is 0 Å². The summed E-state index contributed by atoms with van der Waals surface area (Å²) < 4.78 is 6.92. The number of nitrogens with two attached hydrogens (primary N) is 1. The predicted molar refractivity (Wildman–Crippen MR) is 104 cm³/mol. The number of anilines is 1. The first-order valence-corrected chi connectivity index (χ1v) is 8.47. The van der Waals surface area contributed by atoms with Crippen molar-refractivity contribution < 1.29 is 9.53 Å². The Morgan fingerprint density at radius 2 is 1.85 bits per heavy atom. The molecule has 1 aliphatic rings. The zero-order valence-corrected chi connectivity index (χ0v) is 15.3. The number of carbonyl (C=O) groups is 1. The lowest BCUT2D eigenvalue weighted by Gasteiger charge is -2.34. The second-order valence-corrected chi connectivity index (χ2v) is 6.39. The van der Waals surface area contributed by atoms with Crippen molar-refractivity contribution in [1.82, 2.24) is 4.57 Å². The lowest BCUT2D eigenvalue weighted by Crippen LogP contribution is -2.47. The summed E-state index contributed by atoms with van der Waals surface area (Å²) in [7, 11) is 0. The number of rotatable bonds is 5. The van der Waals surface area contributed by atoms with Gasteiger partial charge >= 0.3 is 0 Å². The molecule has 2 aromatic rings. The van der Waals surface area contributed by atoms with E-state index < -0.39 is 5.41 Å².